The van der Waals surface area contributed by atoms with Crippen molar-refractivity contribution in [2.75, 3.05) is 6.61 Å². The van der Waals surface area contributed by atoms with E-state index in [1.54, 1.807) is 34.2 Å². The molecule has 3 rings (SSSR count). The van der Waals surface area contributed by atoms with Crippen LogP contribution in [0.2, 0.25) is 0 Å². The van der Waals surface area contributed by atoms with Crippen LogP contribution in [0.3, 0.4) is 0 Å². The average molecular weight is 369 g/mol. The molecule has 6 heteroatoms. The highest BCUT2D eigenvalue weighted by molar-refractivity contribution is 7.07. The van der Waals surface area contributed by atoms with E-state index in [0.29, 0.717) is 24.5 Å². The fourth-order valence-electron chi connectivity index (χ4n) is 2.42. The number of benzene rings is 2. The smallest absolute Gasteiger partial charge is 0.338 e. The number of ether oxygens (including phenoxy) is 2. The van der Waals surface area contributed by atoms with Gasteiger partial charge in [-0.3, -0.25) is 9.36 Å². The highest BCUT2D eigenvalue weighted by Gasteiger charge is 2.09. The minimum absolute atomic E-state index is 0.0431. The second-order valence-corrected chi connectivity index (χ2v) is 6.55. The average Bonchev–Trinajstić information content (AvgIpc) is 2.99. The molecule has 0 amide bonds. The molecule has 3 aromatic rings. The molecule has 0 fully saturated rings. The first-order valence-corrected chi connectivity index (χ1v) is 9.10. The van der Waals surface area contributed by atoms with Gasteiger partial charge in [0.15, 0.2) is 0 Å². The largest absolute Gasteiger partial charge is 0.489 e. The van der Waals surface area contributed by atoms with Crippen LogP contribution in [0.4, 0.5) is 0 Å². The number of esters is 1. The number of thiazole rings is 1. The van der Waals surface area contributed by atoms with Crippen molar-refractivity contribution in [1.29, 1.82) is 0 Å². The molecule has 0 spiro atoms. The highest BCUT2D eigenvalue weighted by atomic mass is 32.1. The monoisotopic (exact) mass is 369 g/mol. The number of hydrogen-bond acceptors (Lipinski definition) is 5. The van der Waals surface area contributed by atoms with Gasteiger partial charge in [-0.2, -0.15) is 0 Å². The Bertz CT molecular complexity index is 913. The number of hydrogen-bond donors (Lipinski definition) is 0. The molecule has 0 bridgehead atoms. The molecule has 0 aliphatic rings. The van der Waals surface area contributed by atoms with Crippen molar-refractivity contribution in [3.8, 4) is 5.75 Å². The zero-order valence-electron chi connectivity index (χ0n) is 14.4. The van der Waals surface area contributed by atoms with Gasteiger partial charge in [0.05, 0.1) is 12.1 Å². The summed E-state index contributed by atoms with van der Waals surface area (Å²) in [5, 5.41) is 1.79. The van der Waals surface area contributed by atoms with Crippen molar-refractivity contribution in [2.24, 2.45) is 0 Å². The molecule has 0 aliphatic heterocycles. The molecule has 0 radical (unpaired) electrons. The summed E-state index contributed by atoms with van der Waals surface area (Å²) >= 11 is 1.14. The van der Waals surface area contributed by atoms with Gasteiger partial charge in [-0.1, -0.05) is 41.7 Å². The Labute approximate surface area is 155 Å². The third-order valence-corrected chi connectivity index (χ3v) is 4.74. The number of aromatic nitrogens is 1. The van der Waals surface area contributed by atoms with Crippen molar-refractivity contribution < 1.29 is 14.3 Å². The van der Waals surface area contributed by atoms with Crippen LogP contribution in [0.25, 0.3) is 0 Å². The van der Waals surface area contributed by atoms with Crippen molar-refractivity contribution in [2.45, 2.75) is 20.1 Å². The summed E-state index contributed by atoms with van der Waals surface area (Å²) in [6, 6.07) is 16.7. The minimum Gasteiger partial charge on any atom is -0.489 e. The van der Waals surface area contributed by atoms with Crippen LogP contribution in [-0.4, -0.2) is 17.1 Å². The number of carbonyl (C=O) groups excluding carboxylic acids is 1. The zero-order chi connectivity index (χ0) is 18.4. The van der Waals surface area contributed by atoms with E-state index in [1.807, 2.05) is 37.3 Å². The molecular weight excluding hydrogens is 350 g/mol. The Morgan fingerprint density at radius 1 is 1.08 bits per heavy atom. The topological polar surface area (TPSA) is 57.5 Å². The van der Waals surface area contributed by atoms with Crippen LogP contribution in [0.1, 0.15) is 21.6 Å². The molecule has 134 valence electrons. The number of rotatable bonds is 7. The Morgan fingerprint density at radius 2 is 1.81 bits per heavy atom. The molecule has 0 aliphatic carbocycles. The summed E-state index contributed by atoms with van der Waals surface area (Å²) in [5.74, 6) is 0.270. The zero-order valence-corrected chi connectivity index (χ0v) is 15.2. The van der Waals surface area contributed by atoms with E-state index < -0.39 is 5.97 Å². The van der Waals surface area contributed by atoms with Gasteiger partial charge in [0.2, 0.25) is 0 Å². The summed E-state index contributed by atoms with van der Waals surface area (Å²) in [4.78, 5) is 23.7. The van der Waals surface area contributed by atoms with E-state index in [1.165, 1.54) is 0 Å². The van der Waals surface area contributed by atoms with Crippen molar-refractivity contribution in [1.82, 2.24) is 4.57 Å². The molecule has 5 nitrogen and oxygen atoms in total. The molecular formula is C20H19NO4S. The first-order valence-electron chi connectivity index (χ1n) is 8.22. The first-order chi connectivity index (χ1) is 12.6. The maximum Gasteiger partial charge on any atom is 0.338 e. The summed E-state index contributed by atoms with van der Waals surface area (Å²) in [5.41, 5.74) is 2.40. The van der Waals surface area contributed by atoms with E-state index in [4.69, 9.17) is 9.47 Å². The lowest BCUT2D eigenvalue weighted by Crippen LogP contribution is -2.19. The third-order valence-electron chi connectivity index (χ3n) is 3.86. The number of nitrogens with zero attached hydrogens (tertiary/aromatic N) is 1. The van der Waals surface area contributed by atoms with E-state index >= 15 is 0 Å². The summed E-state index contributed by atoms with van der Waals surface area (Å²) in [7, 11) is 0. The standard InChI is InChI=1S/C20H19NO4S/c1-15-14-26-20(23)21(15)11-12-24-19(22)17-7-9-18(10-8-17)25-13-16-5-3-2-4-6-16/h2-10,14H,11-13H2,1H3. The maximum absolute atomic E-state index is 12.1. The summed E-state index contributed by atoms with van der Waals surface area (Å²) in [6.07, 6.45) is 0. The van der Waals surface area contributed by atoms with Crippen molar-refractivity contribution >= 4 is 17.3 Å². The van der Waals surface area contributed by atoms with E-state index in [-0.39, 0.29) is 11.5 Å². The van der Waals surface area contributed by atoms with Crippen LogP contribution in [0.5, 0.6) is 5.75 Å². The van der Waals surface area contributed by atoms with Crippen LogP contribution in [-0.2, 0) is 17.9 Å². The Balaban J connectivity index is 1.49. The molecule has 2 aromatic carbocycles. The molecule has 0 unspecified atom stereocenters. The van der Waals surface area contributed by atoms with Crippen LogP contribution in [0.15, 0.2) is 64.8 Å². The second-order valence-electron chi connectivity index (χ2n) is 5.73. The van der Waals surface area contributed by atoms with Gasteiger partial charge in [-0.25, -0.2) is 4.79 Å². The van der Waals surface area contributed by atoms with Gasteiger partial charge in [0.25, 0.3) is 0 Å². The van der Waals surface area contributed by atoms with E-state index in [0.717, 1.165) is 22.6 Å². The summed E-state index contributed by atoms with van der Waals surface area (Å²) in [6.45, 7) is 2.84. The summed E-state index contributed by atoms with van der Waals surface area (Å²) < 4.78 is 12.5. The van der Waals surface area contributed by atoms with Gasteiger partial charge >= 0.3 is 10.8 Å². The Morgan fingerprint density at radius 3 is 2.46 bits per heavy atom. The third kappa shape index (κ3) is 4.61. The molecule has 0 saturated heterocycles. The quantitative estimate of drug-likeness (QED) is 0.597. The van der Waals surface area contributed by atoms with Crippen molar-refractivity contribution in [3.05, 3.63) is 86.5 Å². The first kappa shape index (κ1) is 17.9. The lowest BCUT2D eigenvalue weighted by molar-refractivity contribution is 0.0490. The molecule has 26 heavy (non-hydrogen) atoms. The molecule has 1 aromatic heterocycles. The van der Waals surface area contributed by atoms with Gasteiger partial charge < -0.3 is 9.47 Å². The molecule has 0 N–H and O–H groups in total. The van der Waals surface area contributed by atoms with Crippen LogP contribution < -0.4 is 9.61 Å². The normalized spacial score (nSPS) is 10.5. The van der Waals surface area contributed by atoms with Gasteiger partial charge in [-0.15, -0.1) is 0 Å². The van der Waals surface area contributed by atoms with E-state index in [2.05, 4.69) is 0 Å². The molecule has 0 atom stereocenters. The fraction of sp³-hybridized carbons (Fsp3) is 0.200. The SMILES string of the molecule is Cc1csc(=O)n1CCOC(=O)c1ccc(OCc2ccccc2)cc1. The van der Waals surface area contributed by atoms with Gasteiger partial charge in [-0.05, 0) is 36.8 Å². The maximum atomic E-state index is 12.1. The highest BCUT2D eigenvalue weighted by Crippen LogP contribution is 2.15. The predicted molar refractivity (Wildman–Crippen MR) is 101 cm³/mol. The number of aryl methyl sites for hydroxylation is 1. The van der Waals surface area contributed by atoms with Gasteiger partial charge in [0.1, 0.15) is 19.0 Å². The Hall–Kier alpha value is -2.86. The molecule has 1 heterocycles. The second kappa shape index (κ2) is 8.49. The van der Waals surface area contributed by atoms with Crippen LogP contribution in [0, 0.1) is 6.92 Å². The molecule has 0 saturated carbocycles. The number of carbonyl (C=O) groups is 1. The van der Waals surface area contributed by atoms with E-state index in [9.17, 15) is 9.59 Å². The van der Waals surface area contributed by atoms with Crippen molar-refractivity contribution in [3.63, 3.8) is 0 Å². The minimum atomic E-state index is -0.416. The predicted octanol–water partition coefficient (Wildman–Crippen LogP) is 3.65. The lowest BCUT2D eigenvalue weighted by Gasteiger charge is -2.08. The van der Waals surface area contributed by atoms with Gasteiger partial charge in [0, 0.05) is 11.1 Å². The lowest BCUT2D eigenvalue weighted by atomic mass is 10.2. The fourth-order valence-corrected chi connectivity index (χ4v) is 3.18. The Kier molecular flexibility index (Phi) is 5.86. The van der Waals surface area contributed by atoms with Crippen LogP contribution >= 0.6 is 11.3 Å².